The van der Waals surface area contributed by atoms with Crippen LogP contribution in [0.5, 0.6) is 5.75 Å². The zero-order valence-electron chi connectivity index (χ0n) is 16.3. The van der Waals surface area contributed by atoms with Gasteiger partial charge in [0.05, 0.1) is 4.91 Å². The van der Waals surface area contributed by atoms with Gasteiger partial charge in [0.1, 0.15) is 12.3 Å². The standard InChI is InChI=1S/C20H26N2O4S/c1-20(2,3)15-9-13(8-14(18(15)25)11-21(4)5)10-16-19(26)22(6-7-27-16)12-17(23)24/h6-10,25H,11-12H2,1-5H3,(H,23,24). The lowest BCUT2D eigenvalue weighted by molar-refractivity contribution is -0.141. The van der Waals surface area contributed by atoms with Crippen molar-refractivity contribution in [2.45, 2.75) is 32.7 Å². The molecule has 1 aromatic rings. The molecular weight excluding hydrogens is 364 g/mol. The van der Waals surface area contributed by atoms with E-state index in [1.54, 1.807) is 11.5 Å². The molecule has 0 bridgehead atoms. The van der Waals surface area contributed by atoms with Crippen LogP contribution in [0.15, 0.2) is 28.6 Å². The predicted octanol–water partition coefficient (Wildman–Crippen LogP) is 3.22. The number of amides is 1. The van der Waals surface area contributed by atoms with Gasteiger partial charge >= 0.3 is 5.97 Å². The number of benzene rings is 1. The number of carbonyl (C=O) groups excluding carboxylic acids is 1. The molecule has 0 unspecified atom stereocenters. The van der Waals surface area contributed by atoms with Crippen LogP contribution >= 0.6 is 11.8 Å². The van der Waals surface area contributed by atoms with E-state index < -0.39 is 5.97 Å². The summed E-state index contributed by atoms with van der Waals surface area (Å²) in [5.41, 5.74) is 2.12. The van der Waals surface area contributed by atoms with Gasteiger partial charge in [0, 0.05) is 23.9 Å². The highest BCUT2D eigenvalue weighted by atomic mass is 32.2. The molecule has 2 rings (SSSR count). The SMILES string of the molecule is CN(C)Cc1cc(C=C2SC=CN(CC(=O)O)C2=O)cc(C(C)(C)C)c1O. The average molecular weight is 391 g/mol. The summed E-state index contributed by atoms with van der Waals surface area (Å²) in [7, 11) is 3.85. The fourth-order valence-electron chi connectivity index (χ4n) is 2.79. The van der Waals surface area contributed by atoms with Gasteiger partial charge in [-0.3, -0.25) is 9.59 Å². The second kappa shape index (κ2) is 8.19. The summed E-state index contributed by atoms with van der Waals surface area (Å²) in [6.45, 7) is 6.27. The number of aliphatic carboxylic acids is 1. The molecule has 0 saturated carbocycles. The third-order valence-corrected chi connectivity index (χ3v) is 4.82. The summed E-state index contributed by atoms with van der Waals surface area (Å²) in [6, 6.07) is 3.75. The molecule has 0 radical (unpaired) electrons. The Hall–Kier alpha value is -2.25. The summed E-state index contributed by atoms with van der Waals surface area (Å²) >= 11 is 1.26. The number of phenolic OH excluding ortho intramolecular Hbond substituents is 1. The molecule has 0 saturated heterocycles. The number of nitrogens with zero attached hydrogens (tertiary/aromatic N) is 2. The second-order valence-corrected chi connectivity index (χ2v) is 8.75. The molecule has 0 aliphatic carbocycles. The summed E-state index contributed by atoms with van der Waals surface area (Å²) in [5, 5.41) is 21.3. The first-order valence-electron chi connectivity index (χ1n) is 8.58. The van der Waals surface area contributed by atoms with Crippen molar-refractivity contribution in [2.24, 2.45) is 0 Å². The first-order chi connectivity index (χ1) is 12.5. The predicted molar refractivity (Wildman–Crippen MR) is 108 cm³/mol. The lowest BCUT2D eigenvalue weighted by Crippen LogP contribution is -2.32. The number of thioether (sulfide) groups is 1. The van der Waals surface area contributed by atoms with Crippen LogP contribution in [0.25, 0.3) is 6.08 Å². The van der Waals surface area contributed by atoms with Crippen molar-refractivity contribution in [3.8, 4) is 5.75 Å². The first-order valence-corrected chi connectivity index (χ1v) is 9.46. The molecule has 1 aromatic carbocycles. The Morgan fingerprint density at radius 1 is 1.30 bits per heavy atom. The number of aromatic hydroxyl groups is 1. The largest absolute Gasteiger partial charge is 0.507 e. The molecule has 6 nitrogen and oxygen atoms in total. The van der Waals surface area contributed by atoms with Crippen molar-refractivity contribution in [1.82, 2.24) is 9.80 Å². The Morgan fingerprint density at radius 3 is 2.52 bits per heavy atom. The molecule has 1 aliphatic rings. The van der Waals surface area contributed by atoms with Crippen molar-refractivity contribution in [3.63, 3.8) is 0 Å². The lowest BCUT2D eigenvalue weighted by atomic mass is 9.84. The highest BCUT2D eigenvalue weighted by molar-refractivity contribution is 8.06. The number of hydrogen-bond acceptors (Lipinski definition) is 5. The highest BCUT2D eigenvalue weighted by Crippen LogP contribution is 2.36. The molecule has 0 fully saturated rings. The van der Waals surface area contributed by atoms with Gasteiger partial charge in [0.2, 0.25) is 0 Å². The maximum Gasteiger partial charge on any atom is 0.323 e. The number of carboxylic acids is 1. The summed E-state index contributed by atoms with van der Waals surface area (Å²) in [5.74, 6) is -1.13. The Morgan fingerprint density at radius 2 is 1.96 bits per heavy atom. The van der Waals surface area contributed by atoms with Crippen molar-refractivity contribution < 1.29 is 19.8 Å². The van der Waals surface area contributed by atoms with E-state index in [1.165, 1.54) is 22.9 Å². The minimum absolute atomic E-state index is 0.265. The number of phenols is 1. The lowest BCUT2D eigenvalue weighted by Gasteiger charge is -2.24. The van der Waals surface area contributed by atoms with E-state index in [-0.39, 0.29) is 23.6 Å². The van der Waals surface area contributed by atoms with Crippen LogP contribution in [0.2, 0.25) is 0 Å². The topological polar surface area (TPSA) is 81.1 Å². The summed E-state index contributed by atoms with van der Waals surface area (Å²) in [4.78, 5) is 27.1. The number of hydrogen-bond donors (Lipinski definition) is 2. The van der Waals surface area contributed by atoms with Crippen LogP contribution in [-0.2, 0) is 21.5 Å². The zero-order valence-corrected chi connectivity index (χ0v) is 17.1. The number of rotatable bonds is 5. The fraction of sp³-hybridized carbons (Fsp3) is 0.400. The Labute approximate surface area is 164 Å². The van der Waals surface area contributed by atoms with Crippen LogP contribution in [0.4, 0.5) is 0 Å². The molecule has 1 amide bonds. The van der Waals surface area contributed by atoms with Crippen molar-refractivity contribution in [1.29, 1.82) is 0 Å². The highest BCUT2D eigenvalue weighted by Gasteiger charge is 2.24. The second-order valence-electron chi connectivity index (χ2n) is 7.80. The molecular formula is C20H26N2O4S. The summed E-state index contributed by atoms with van der Waals surface area (Å²) in [6.07, 6.45) is 3.23. The van der Waals surface area contributed by atoms with Crippen LogP contribution in [0.3, 0.4) is 0 Å². The van der Waals surface area contributed by atoms with Crippen molar-refractivity contribution in [3.05, 3.63) is 45.3 Å². The monoisotopic (exact) mass is 390 g/mol. The van der Waals surface area contributed by atoms with Gasteiger partial charge in [-0.05, 0) is 48.7 Å². The van der Waals surface area contributed by atoms with Gasteiger partial charge in [-0.2, -0.15) is 0 Å². The molecule has 1 heterocycles. The third-order valence-electron chi connectivity index (χ3n) is 4.02. The fourth-order valence-corrected chi connectivity index (χ4v) is 3.57. The van der Waals surface area contributed by atoms with Gasteiger partial charge in [0.25, 0.3) is 5.91 Å². The minimum atomic E-state index is -1.06. The minimum Gasteiger partial charge on any atom is -0.507 e. The van der Waals surface area contributed by atoms with E-state index in [0.29, 0.717) is 11.4 Å². The molecule has 146 valence electrons. The molecule has 0 spiro atoms. The van der Waals surface area contributed by atoms with Gasteiger partial charge in [-0.15, -0.1) is 0 Å². The molecule has 7 heteroatoms. The van der Waals surface area contributed by atoms with Crippen molar-refractivity contribution in [2.75, 3.05) is 20.6 Å². The quantitative estimate of drug-likeness (QED) is 0.752. The van der Waals surface area contributed by atoms with Crippen LogP contribution in [0, 0.1) is 0 Å². The smallest absolute Gasteiger partial charge is 0.323 e. The maximum atomic E-state index is 12.5. The number of carboxylic acid groups (broad SMARTS) is 1. The van der Waals surface area contributed by atoms with E-state index in [0.717, 1.165) is 16.7 Å². The van der Waals surface area contributed by atoms with Crippen LogP contribution in [0.1, 0.15) is 37.5 Å². The number of carbonyl (C=O) groups is 2. The first kappa shape index (κ1) is 21.1. The van der Waals surface area contributed by atoms with Gasteiger partial charge < -0.3 is 20.0 Å². The maximum absolute atomic E-state index is 12.5. The molecule has 0 atom stereocenters. The van der Waals surface area contributed by atoms with E-state index in [2.05, 4.69) is 0 Å². The van der Waals surface area contributed by atoms with E-state index in [9.17, 15) is 14.7 Å². The normalized spacial score (nSPS) is 16.4. The third kappa shape index (κ3) is 5.37. The molecule has 1 aliphatic heterocycles. The molecule has 27 heavy (non-hydrogen) atoms. The Kier molecular flexibility index (Phi) is 6.38. The summed E-state index contributed by atoms with van der Waals surface area (Å²) < 4.78 is 0. The average Bonchev–Trinajstić information content (AvgIpc) is 2.52. The van der Waals surface area contributed by atoms with E-state index in [4.69, 9.17) is 5.11 Å². The zero-order chi connectivity index (χ0) is 20.4. The van der Waals surface area contributed by atoms with Gasteiger partial charge in [-0.1, -0.05) is 32.5 Å². The van der Waals surface area contributed by atoms with Crippen LogP contribution < -0.4 is 0 Å². The van der Waals surface area contributed by atoms with E-state index in [1.807, 2.05) is 51.9 Å². The van der Waals surface area contributed by atoms with Gasteiger partial charge in [-0.25, -0.2) is 0 Å². The Balaban J connectivity index is 2.48. The molecule has 2 N–H and O–H groups in total. The molecule has 0 aromatic heterocycles. The Bertz CT molecular complexity index is 807. The van der Waals surface area contributed by atoms with Gasteiger partial charge in [0.15, 0.2) is 0 Å². The van der Waals surface area contributed by atoms with E-state index >= 15 is 0 Å². The van der Waals surface area contributed by atoms with Crippen LogP contribution in [-0.4, -0.2) is 52.5 Å². The van der Waals surface area contributed by atoms with Crippen molar-refractivity contribution >= 4 is 29.7 Å².